The lowest BCUT2D eigenvalue weighted by molar-refractivity contribution is 0.0669. The molecule has 0 saturated heterocycles. The van der Waals surface area contributed by atoms with Gasteiger partial charge in [-0.1, -0.05) is 60.1 Å². The third-order valence-electron chi connectivity index (χ3n) is 7.39. The van der Waals surface area contributed by atoms with Gasteiger partial charge in [-0.2, -0.15) is 0 Å². The van der Waals surface area contributed by atoms with Crippen LogP contribution in [0.1, 0.15) is 40.1 Å². The molecule has 222 valence electrons. The van der Waals surface area contributed by atoms with Crippen molar-refractivity contribution in [1.29, 1.82) is 0 Å². The van der Waals surface area contributed by atoms with Crippen molar-refractivity contribution in [3.8, 4) is 0 Å². The summed E-state index contributed by atoms with van der Waals surface area (Å²) in [7, 11) is 3.56. The first kappa shape index (κ1) is 31.4. The first-order valence-corrected chi connectivity index (χ1v) is 14.3. The molecule has 1 aromatic heterocycles. The lowest BCUT2D eigenvalue weighted by Crippen LogP contribution is -2.34. The maximum atomic E-state index is 13.7. The number of benzene rings is 3. The second kappa shape index (κ2) is 15.1. The first-order chi connectivity index (χ1) is 20.3. The van der Waals surface area contributed by atoms with Gasteiger partial charge in [0, 0.05) is 49.4 Å². The molecule has 0 aliphatic rings. The summed E-state index contributed by atoms with van der Waals surface area (Å²) in [5.74, 6) is -0.451. The van der Waals surface area contributed by atoms with Gasteiger partial charge >= 0.3 is 0 Å². The van der Waals surface area contributed by atoms with E-state index in [0.717, 1.165) is 16.7 Å². The quantitative estimate of drug-likeness (QED) is 0.205. The zero-order chi connectivity index (χ0) is 30.1. The molecule has 1 heterocycles. The number of nitrogens with one attached hydrogen (secondary N) is 1. The van der Waals surface area contributed by atoms with Crippen LogP contribution < -0.4 is 10.7 Å². The van der Waals surface area contributed by atoms with Gasteiger partial charge in [-0.25, -0.2) is 0 Å². The van der Waals surface area contributed by atoms with Gasteiger partial charge in [0.2, 0.25) is 5.43 Å². The van der Waals surface area contributed by atoms with Gasteiger partial charge in [0.25, 0.3) is 5.91 Å². The van der Waals surface area contributed by atoms with E-state index in [0.29, 0.717) is 48.8 Å². The number of hydrogen-bond acceptors (Lipinski definition) is 6. The van der Waals surface area contributed by atoms with E-state index in [-0.39, 0.29) is 23.6 Å². The molecule has 4 rings (SSSR count). The molecule has 2 atom stereocenters. The van der Waals surface area contributed by atoms with Crippen LogP contribution in [0.25, 0.3) is 10.9 Å². The summed E-state index contributed by atoms with van der Waals surface area (Å²) in [5, 5.41) is 14.8. The number of halogens is 1. The maximum absolute atomic E-state index is 13.7. The van der Waals surface area contributed by atoms with Crippen molar-refractivity contribution >= 4 is 28.4 Å². The number of aliphatic hydroxyl groups is 1. The van der Waals surface area contributed by atoms with E-state index in [2.05, 4.69) is 5.32 Å². The standard InChI is InChI=1S/C33H38ClN3O5/c1-23(31(38)26-7-5-4-6-8-26)36(2)21-25-11-14-30-28(19-25)32(39)29(22-37(30)15-16-42-18-17-41-3)33(40)35-20-24-9-12-27(34)13-10-24/h4-14,19,22-23,31,38H,15-18,20-21H2,1-3H3,(H,35,40)/t23?,31-/m1/s1. The van der Waals surface area contributed by atoms with Gasteiger partial charge in [0.05, 0.1) is 31.4 Å². The second-order valence-corrected chi connectivity index (χ2v) is 10.8. The fraction of sp³-hybridized carbons (Fsp3) is 0.333. The van der Waals surface area contributed by atoms with Gasteiger partial charge in [-0.15, -0.1) is 0 Å². The van der Waals surface area contributed by atoms with Crippen molar-refractivity contribution in [3.05, 3.63) is 116 Å². The first-order valence-electron chi connectivity index (χ1n) is 14.0. The molecule has 1 unspecified atom stereocenters. The van der Waals surface area contributed by atoms with Crippen molar-refractivity contribution in [2.24, 2.45) is 0 Å². The van der Waals surface area contributed by atoms with Gasteiger partial charge in [-0.3, -0.25) is 14.5 Å². The van der Waals surface area contributed by atoms with Gasteiger partial charge in [0.15, 0.2) is 0 Å². The Labute approximate surface area is 251 Å². The van der Waals surface area contributed by atoms with Crippen LogP contribution in [0, 0.1) is 0 Å². The van der Waals surface area contributed by atoms with Crippen molar-refractivity contribution in [1.82, 2.24) is 14.8 Å². The SMILES string of the molecule is COCCOCCn1cc(C(=O)NCc2ccc(Cl)cc2)c(=O)c2cc(CN(C)C(C)[C@@H](O)c3ccccc3)ccc21. The molecule has 42 heavy (non-hydrogen) atoms. The molecule has 0 fully saturated rings. The smallest absolute Gasteiger partial charge is 0.257 e. The Morgan fingerprint density at radius 1 is 1.02 bits per heavy atom. The van der Waals surface area contributed by atoms with Gasteiger partial charge in [0.1, 0.15) is 5.56 Å². The fourth-order valence-electron chi connectivity index (χ4n) is 4.78. The highest BCUT2D eigenvalue weighted by molar-refractivity contribution is 6.30. The van der Waals surface area contributed by atoms with Crippen LogP contribution in [0.15, 0.2) is 83.8 Å². The van der Waals surface area contributed by atoms with Crippen LogP contribution in [-0.4, -0.2) is 60.5 Å². The van der Waals surface area contributed by atoms with E-state index < -0.39 is 12.0 Å². The molecule has 0 bridgehead atoms. The number of methoxy groups -OCH3 is 1. The molecule has 8 nitrogen and oxygen atoms in total. The summed E-state index contributed by atoms with van der Waals surface area (Å²) in [4.78, 5) is 29.0. The third-order valence-corrected chi connectivity index (χ3v) is 7.64. The number of hydrogen-bond donors (Lipinski definition) is 2. The molecular weight excluding hydrogens is 554 g/mol. The summed E-state index contributed by atoms with van der Waals surface area (Å²) < 4.78 is 12.6. The van der Waals surface area contributed by atoms with Crippen LogP contribution >= 0.6 is 11.6 Å². The molecule has 0 radical (unpaired) electrons. The molecule has 0 spiro atoms. The van der Waals surface area contributed by atoms with Gasteiger partial charge in [-0.05, 0) is 54.9 Å². The third kappa shape index (κ3) is 8.06. The van der Waals surface area contributed by atoms with E-state index in [1.165, 1.54) is 0 Å². The van der Waals surface area contributed by atoms with Crippen molar-refractivity contribution in [2.45, 2.75) is 38.7 Å². The fourth-order valence-corrected chi connectivity index (χ4v) is 4.90. The number of carbonyl (C=O) groups excluding carboxylic acids is 1. The van der Waals surface area contributed by atoms with Crippen molar-refractivity contribution in [3.63, 3.8) is 0 Å². The second-order valence-electron chi connectivity index (χ2n) is 10.3. The molecule has 0 aliphatic heterocycles. The predicted octanol–water partition coefficient (Wildman–Crippen LogP) is 4.80. The van der Waals surface area contributed by atoms with Crippen LogP contribution in [-0.2, 0) is 29.1 Å². The summed E-state index contributed by atoms with van der Waals surface area (Å²) in [6.45, 7) is 4.53. The normalized spacial score (nSPS) is 12.9. The van der Waals surface area contributed by atoms with E-state index >= 15 is 0 Å². The molecule has 4 aromatic rings. The lowest BCUT2D eigenvalue weighted by atomic mass is 10.0. The number of likely N-dealkylation sites (N-methyl/N-ethyl adjacent to an activating group) is 1. The highest BCUT2D eigenvalue weighted by Crippen LogP contribution is 2.22. The number of aromatic nitrogens is 1. The molecule has 0 saturated carbocycles. The van der Waals surface area contributed by atoms with E-state index in [1.54, 1.807) is 25.4 Å². The van der Waals surface area contributed by atoms with Gasteiger partial charge < -0.3 is 24.5 Å². The molecule has 9 heteroatoms. The molecule has 0 aliphatic carbocycles. The summed E-state index contributed by atoms with van der Waals surface area (Å²) >= 11 is 5.97. The predicted molar refractivity (Wildman–Crippen MR) is 166 cm³/mol. The minimum Gasteiger partial charge on any atom is -0.387 e. The average Bonchev–Trinajstić information content (AvgIpc) is 3.01. The number of pyridine rings is 1. The average molecular weight is 592 g/mol. The van der Waals surface area contributed by atoms with Crippen LogP contribution in [0.3, 0.4) is 0 Å². The minimum atomic E-state index is -0.664. The topological polar surface area (TPSA) is 93.0 Å². The number of nitrogens with zero attached hydrogens (tertiary/aromatic N) is 2. The molecule has 2 N–H and O–H groups in total. The number of ether oxygens (including phenoxy) is 2. The Morgan fingerprint density at radius 2 is 1.74 bits per heavy atom. The Morgan fingerprint density at radius 3 is 2.45 bits per heavy atom. The highest BCUT2D eigenvalue weighted by Gasteiger charge is 2.21. The van der Waals surface area contributed by atoms with E-state index in [1.807, 2.05) is 84.1 Å². The number of carbonyl (C=O) groups is 1. The van der Waals surface area contributed by atoms with Crippen molar-refractivity contribution in [2.75, 3.05) is 34.0 Å². The molecule has 3 aromatic carbocycles. The van der Waals surface area contributed by atoms with Crippen LogP contribution in [0.4, 0.5) is 0 Å². The monoisotopic (exact) mass is 591 g/mol. The van der Waals surface area contributed by atoms with E-state index in [4.69, 9.17) is 21.1 Å². The lowest BCUT2D eigenvalue weighted by Gasteiger charge is -2.29. The maximum Gasteiger partial charge on any atom is 0.257 e. The number of aliphatic hydroxyl groups excluding tert-OH is 1. The Balaban J connectivity index is 1.59. The highest BCUT2D eigenvalue weighted by atomic mass is 35.5. The Kier molecular flexibility index (Phi) is 11.3. The molecular formula is C33H38ClN3O5. The number of amides is 1. The van der Waals surface area contributed by atoms with Crippen molar-refractivity contribution < 1.29 is 19.4 Å². The van der Waals surface area contributed by atoms with E-state index in [9.17, 15) is 14.7 Å². The largest absolute Gasteiger partial charge is 0.387 e. The number of fused-ring (bicyclic) bond motifs is 1. The minimum absolute atomic E-state index is 0.0618. The zero-order valence-electron chi connectivity index (χ0n) is 24.3. The Bertz CT molecular complexity index is 1520. The summed E-state index contributed by atoms with van der Waals surface area (Å²) in [6, 6.07) is 22.3. The van der Waals surface area contributed by atoms with Crippen LogP contribution in [0.2, 0.25) is 5.02 Å². The number of rotatable bonds is 14. The summed E-state index contributed by atoms with van der Waals surface area (Å²) in [5.41, 5.74) is 3.06. The Hall–Kier alpha value is -3.53. The zero-order valence-corrected chi connectivity index (χ0v) is 25.0. The summed E-state index contributed by atoms with van der Waals surface area (Å²) in [6.07, 6.45) is 0.939. The van der Waals surface area contributed by atoms with Crippen LogP contribution in [0.5, 0.6) is 0 Å². The molecule has 1 amide bonds.